The Morgan fingerprint density at radius 1 is 1.47 bits per heavy atom. The molecule has 0 aliphatic carbocycles. The maximum atomic E-state index is 11.9. The number of esters is 1. The summed E-state index contributed by atoms with van der Waals surface area (Å²) in [4.78, 5) is 14.9. The summed E-state index contributed by atoms with van der Waals surface area (Å²) in [5.74, 6) is -0.251. The van der Waals surface area contributed by atoms with Crippen LogP contribution in [-0.2, 0) is 4.74 Å². The number of hydrogen-bond acceptors (Lipinski definition) is 3. The van der Waals surface area contributed by atoms with Crippen LogP contribution in [0.2, 0.25) is 0 Å². The molecule has 0 bridgehead atoms. The Labute approximate surface area is 113 Å². The molecule has 1 heterocycles. The lowest BCUT2D eigenvalue weighted by atomic mass is 10.2. The van der Waals surface area contributed by atoms with E-state index in [0.29, 0.717) is 22.9 Å². The van der Waals surface area contributed by atoms with Crippen LogP contribution in [0.1, 0.15) is 25.1 Å². The van der Waals surface area contributed by atoms with Gasteiger partial charge in [-0.1, -0.05) is 31.7 Å². The fourth-order valence-corrected chi connectivity index (χ4v) is 1.74. The average molecular weight is 260 g/mol. The molecule has 0 fully saturated rings. The minimum Gasteiger partial charge on any atom is -0.474 e. The predicted molar refractivity (Wildman–Crippen MR) is 74.6 cm³/mol. The van der Waals surface area contributed by atoms with Gasteiger partial charge in [0, 0.05) is 10.9 Å². The Hall–Kier alpha value is -2.23. The number of H-pyrrole nitrogens is 1. The van der Waals surface area contributed by atoms with Gasteiger partial charge in [0.1, 0.15) is 12.1 Å². The molecular weight excluding hydrogens is 242 g/mol. The molecule has 0 spiro atoms. The zero-order chi connectivity index (χ0) is 14.7. The highest BCUT2D eigenvalue weighted by molar-refractivity contribution is 6.06. The molecule has 2 rings (SSSR count). The monoisotopic (exact) mass is 260 g/mol. The Balaban J connectivity index is 2.46. The van der Waals surface area contributed by atoms with Crippen molar-refractivity contribution in [1.29, 1.82) is 0 Å². The maximum Gasteiger partial charge on any atom is 0.344 e. The van der Waals surface area contributed by atoms with E-state index < -0.39 is 12.6 Å². The zero-order valence-corrected chi connectivity index (χ0v) is 11.0. The van der Waals surface area contributed by atoms with E-state index in [2.05, 4.69) is 11.6 Å². The van der Waals surface area contributed by atoms with Crippen molar-refractivity contribution < 1.29 is 15.6 Å². The van der Waals surface area contributed by atoms with Crippen LogP contribution in [0.4, 0.5) is 0 Å². The van der Waals surface area contributed by atoms with Crippen LogP contribution in [0.3, 0.4) is 0 Å². The largest absolute Gasteiger partial charge is 0.474 e. The quantitative estimate of drug-likeness (QED) is 0.663. The number of benzene rings is 1. The van der Waals surface area contributed by atoms with Crippen molar-refractivity contribution >= 4 is 16.9 Å². The summed E-state index contributed by atoms with van der Waals surface area (Å²) in [6, 6.07) is 7.32. The molecule has 19 heavy (non-hydrogen) atoms. The number of para-hydroxylation sites is 1. The average Bonchev–Trinajstić information content (AvgIpc) is 2.83. The lowest BCUT2D eigenvalue weighted by Crippen LogP contribution is -2.06. The summed E-state index contributed by atoms with van der Waals surface area (Å²) in [7, 11) is 1.32. The first-order valence-electron chi connectivity index (χ1n) is 6.61. The number of carbonyl (C=O) groups excluding carboxylic acids is 1. The van der Waals surface area contributed by atoms with E-state index in [4.69, 9.17) is 10.8 Å². The fourth-order valence-electron chi connectivity index (χ4n) is 1.74. The van der Waals surface area contributed by atoms with Crippen LogP contribution in [-0.4, -0.2) is 24.6 Å². The summed E-state index contributed by atoms with van der Waals surface area (Å²) < 4.78 is 18.2. The molecule has 0 amide bonds. The molecule has 1 aromatic carbocycles. The molecule has 1 atom stereocenters. The van der Waals surface area contributed by atoms with Gasteiger partial charge in [-0.25, -0.2) is 4.79 Å². The zero-order valence-electron chi connectivity index (χ0n) is 12.0. The van der Waals surface area contributed by atoms with Gasteiger partial charge in [0.15, 0.2) is 0 Å². The van der Waals surface area contributed by atoms with Gasteiger partial charge in [-0.05, 0) is 18.1 Å². The van der Waals surface area contributed by atoms with Crippen LogP contribution in [0, 0.1) is 0 Å². The van der Waals surface area contributed by atoms with Gasteiger partial charge < -0.3 is 14.5 Å². The Bertz CT molecular complexity index is 648. The van der Waals surface area contributed by atoms with E-state index in [1.165, 1.54) is 7.11 Å². The molecule has 0 aliphatic rings. The normalized spacial score (nSPS) is 12.8. The van der Waals surface area contributed by atoms with Crippen molar-refractivity contribution in [2.45, 2.75) is 13.3 Å². The first-order valence-corrected chi connectivity index (χ1v) is 6.04. The Morgan fingerprint density at radius 2 is 2.21 bits per heavy atom. The van der Waals surface area contributed by atoms with Gasteiger partial charge in [0.25, 0.3) is 0 Å². The first-order chi connectivity index (χ1) is 9.58. The second-order valence-electron chi connectivity index (χ2n) is 4.11. The molecule has 0 saturated heterocycles. The topological polar surface area (TPSA) is 51.3 Å². The maximum absolute atomic E-state index is 11.9. The summed E-state index contributed by atoms with van der Waals surface area (Å²) in [5.41, 5.74) is 1.71. The summed E-state index contributed by atoms with van der Waals surface area (Å²) in [6.45, 7) is 4.76. The van der Waals surface area contributed by atoms with Crippen molar-refractivity contribution in [1.82, 2.24) is 4.98 Å². The van der Waals surface area contributed by atoms with Crippen LogP contribution in [0.15, 0.2) is 36.4 Å². The smallest absolute Gasteiger partial charge is 0.344 e. The van der Waals surface area contributed by atoms with Crippen molar-refractivity contribution in [2.75, 3.05) is 13.7 Å². The molecule has 1 aromatic heterocycles. The number of nitrogens with one attached hydrogen (secondary N) is 1. The molecule has 4 nitrogen and oxygen atoms in total. The first kappa shape index (κ1) is 11.8. The summed E-state index contributed by atoms with van der Waals surface area (Å²) >= 11 is 0. The molecule has 100 valence electrons. The van der Waals surface area contributed by atoms with Crippen molar-refractivity contribution in [3.63, 3.8) is 0 Å². The number of fused-ring (bicyclic) bond motifs is 1. The predicted octanol–water partition coefficient (Wildman–Crippen LogP) is 3.30. The van der Waals surface area contributed by atoms with Gasteiger partial charge in [0.2, 0.25) is 5.88 Å². The number of hydrogen-bond donors (Lipinski definition) is 1. The molecule has 2 aromatic rings. The Kier molecular flexibility index (Phi) is 3.49. The van der Waals surface area contributed by atoms with E-state index in [9.17, 15) is 4.79 Å². The lowest BCUT2D eigenvalue weighted by Gasteiger charge is -2.07. The third-order valence-corrected chi connectivity index (χ3v) is 2.86. The number of methoxy groups -OCH3 is 1. The third-order valence-electron chi connectivity index (χ3n) is 2.86. The summed E-state index contributed by atoms with van der Waals surface area (Å²) in [5, 5.41) is 0.712. The van der Waals surface area contributed by atoms with Crippen LogP contribution < -0.4 is 4.74 Å². The number of ether oxygens (including phenoxy) is 2. The molecule has 0 radical (unpaired) electrons. The number of rotatable bonds is 5. The number of aromatic nitrogens is 1. The molecular formula is C15H17NO3. The molecule has 0 saturated carbocycles. The van der Waals surface area contributed by atoms with E-state index in [0.717, 1.165) is 5.52 Å². The molecule has 0 aliphatic heterocycles. The van der Waals surface area contributed by atoms with Gasteiger partial charge in [-0.15, -0.1) is 0 Å². The molecule has 4 heteroatoms. The SMILES string of the molecule is [2H]C(Oc1[nH]c2ccccc2c1C(=O)OC)C(=C)CC. The Morgan fingerprint density at radius 3 is 2.89 bits per heavy atom. The van der Waals surface area contributed by atoms with E-state index >= 15 is 0 Å². The number of aromatic amines is 1. The lowest BCUT2D eigenvalue weighted by molar-refractivity contribution is 0.0598. The summed E-state index contributed by atoms with van der Waals surface area (Å²) in [6.07, 6.45) is 0.641. The molecule has 1 N–H and O–H groups in total. The second-order valence-corrected chi connectivity index (χ2v) is 4.11. The third kappa shape index (κ3) is 2.62. The minimum absolute atomic E-state index is 0.243. The highest BCUT2D eigenvalue weighted by Gasteiger charge is 2.20. The van der Waals surface area contributed by atoms with Gasteiger partial charge in [-0.3, -0.25) is 0 Å². The van der Waals surface area contributed by atoms with Crippen molar-refractivity contribution in [3.05, 3.63) is 42.0 Å². The van der Waals surface area contributed by atoms with Crippen molar-refractivity contribution in [2.24, 2.45) is 0 Å². The number of carbonyl (C=O) groups is 1. The fraction of sp³-hybridized carbons (Fsp3) is 0.267. The van der Waals surface area contributed by atoms with E-state index in [-0.39, 0.29) is 5.88 Å². The highest BCUT2D eigenvalue weighted by Crippen LogP contribution is 2.28. The van der Waals surface area contributed by atoms with Gasteiger partial charge >= 0.3 is 5.97 Å². The van der Waals surface area contributed by atoms with Crippen LogP contribution in [0.5, 0.6) is 5.88 Å². The van der Waals surface area contributed by atoms with E-state index in [1.807, 2.05) is 25.1 Å². The second kappa shape index (κ2) is 5.61. The van der Waals surface area contributed by atoms with Crippen molar-refractivity contribution in [3.8, 4) is 5.88 Å². The van der Waals surface area contributed by atoms with E-state index in [1.54, 1.807) is 6.07 Å². The van der Waals surface area contributed by atoms with Crippen LogP contribution >= 0.6 is 0 Å². The molecule has 1 unspecified atom stereocenters. The highest BCUT2D eigenvalue weighted by atomic mass is 16.5. The minimum atomic E-state index is -0.920. The standard InChI is InChI=1S/C15H17NO3/c1-4-10(2)9-19-14-13(15(17)18-3)11-7-5-6-8-12(11)16-14/h5-8,16H,2,4,9H2,1,3H3/i9D. The van der Waals surface area contributed by atoms with Gasteiger partial charge in [0.05, 0.1) is 8.48 Å². The van der Waals surface area contributed by atoms with Crippen LogP contribution in [0.25, 0.3) is 10.9 Å². The van der Waals surface area contributed by atoms with Gasteiger partial charge in [-0.2, -0.15) is 0 Å².